The Morgan fingerprint density at radius 1 is 0.923 bits per heavy atom. The zero-order valence-electron chi connectivity index (χ0n) is 22.6. The molecular formula is C33H31N3O3. The Kier molecular flexibility index (Phi) is 7.55. The summed E-state index contributed by atoms with van der Waals surface area (Å²) in [5.41, 5.74) is 5.01. The quantitative estimate of drug-likeness (QED) is 0.209. The van der Waals surface area contributed by atoms with Crippen LogP contribution in [0.25, 0.3) is 22.3 Å². The molecule has 0 saturated carbocycles. The number of aromatic nitrogens is 2. The highest BCUT2D eigenvalue weighted by Gasteiger charge is 2.18. The first kappa shape index (κ1) is 25.9. The van der Waals surface area contributed by atoms with Gasteiger partial charge < -0.3 is 9.47 Å². The fourth-order valence-electron chi connectivity index (χ4n) is 4.55. The summed E-state index contributed by atoms with van der Waals surface area (Å²) in [6.07, 6.45) is 1.66. The first-order chi connectivity index (χ1) is 19.0. The van der Waals surface area contributed by atoms with E-state index in [0.717, 1.165) is 33.6 Å². The Balaban J connectivity index is 1.63. The molecule has 0 aliphatic heterocycles. The summed E-state index contributed by atoms with van der Waals surface area (Å²) in [6, 6.07) is 29.0. The Morgan fingerprint density at radius 2 is 1.64 bits per heavy atom. The van der Waals surface area contributed by atoms with Gasteiger partial charge in [0.25, 0.3) is 5.56 Å². The fourth-order valence-corrected chi connectivity index (χ4v) is 4.55. The highest BCUT2D eigenvalue weighted by molar-refractivity contribution is 5.84. The van der Waals surface area contributed by atoms with Crippen LogP contribution in [-0.4, -0.2) is 23.0 Å². The summed E-state index contributed by atoms with van der Waals surface area (Å²) in [4.78, 5) is 18.7. The molecule has 0 N–H and O–H groups in total. The van der Waals surface area contributed by atoms with E-state index in [0.29, 0.717) is 29.1 Å². The Bertz CT molecular complexity index is 1710. The Labute approximate surface area is 228 Å². The molecule has 0 fully saturated rings. The normalized spacial score (nSPS) is 11.4. The maximum atomic E-state index is 13.7. The van der Waals surface area contributed by atoms with Crippen molar-refractivity contribution in [2.75, 3.05) is 7.11 Å². The van der Waals surface area contributed by atoms with Gasteiger partial charge >= 0.3 is 0 Å². The lowest BCUT2D eigenvalue weighted by atomic mass is 9.96. The van der Waals surface area contributed by atoms with E-state index in [1.807, 2.05) is 85.8 Å². The van der Waals surface area contributed by atoms with Crippen molar-refractivity contribution in [3.63, 3.8) is 0 Å². The number of rotatable bonds is 8. The lowest BCUT2D eigenvalue weighted by molar-refractivity contribution is 0.306. The minimum Gasteiger partial charge on any atom is -0.496 e. The third kappa shape index (κ3) is 5.46. The van der Waals surface area contributed by atoms with Crippen LogP contribution in [0.1, 0.15) is 42.0 Å². The van der Waals surface area contributed by atoms with Gasteiger partial charge in [0.15, 0.2) is 5.82 Å². The number of benzene rings is 4. The number of methoxy groups -OCH3 is 1. The second-order valence-corrected chi connectivity index (χ2v) is 9.69. The van der Waals surface area contributed by atoms with Crippen molar-refractivity contribution in [2.24, 2.45) is 5.10 Å². The maximum Gasteiger partial charge on any atom is 0.282 e. The van der Waals surface area contributed by atoms with Crippen molar-refractivity contribution >= 4 is 17.1 Å². The number of ether oxygens (including phenoxy) is 2. The molecular weight excluding hydrogens is 486 g/mol. The first-order valence-electron chi connectivity index (χ1n) is 13.0. The van der Waals surface area contributed by atoms with Crippen molar-refractivity contribution < 1.29 is 9.47 Å². The van der Waals surface area contributed by atoms with Crippen LogP contribution in [0, 0.1) is 6.92 Å². The van der Waals surface area contributed by atoms with Crippen LogP contribution in [-0.2, 0) is 6.61 Å². The smallest absolute Gasteiger partial charge is 0.282 e. The molecule has 0 spiro atoms. The number of para-hydroxylation sites is 2. The fraction of sp³-hybridized carbons (Fsp3) is 0.182. The molecule has 0 aliphatic rings. The van der Waals surface area contributed by atoms with E-state index in [1.54, 1.807) is 19.4 Å². The summed E-state index contributed by atoms with van der Waals surface area (Å²) in [6.45, 7) is 6.65. The highest BCUT2D eigenvalue weighted by atomic mass is 16.5. The van der Waals surface area contributed by atoms with E-state index < -0.39 is 0 Å². The zero-order valence-corrected chi connectivity index (χ0v) is 22.6. The number of fused-ring (bicyclic) bond motifs is 1. The number of aryl methyl sites for hydroxylation is 1. The highest BCUT2D eigenvalue weighted by Crippen LogP contribution is 2.34. The molecule has 6 heteroatoms. The van der Waals surface area contributed by atoms with Crippen LogP contribution < -0.4 is 15.0 Å². The molecule has 5 rings (SSSR count). The number of hydrogen-bond donors (Lipinski definition) is 0. The van der Waals surface area contributed by atoms with Gasteiger partial charge in [-0.15, -0.1) is 0 Å². The van der Waals surface area contributed by atoms with Crippen molar-refractivity contribution in [3.8, 4) is 22.9 Å². The molecule has 0 saturated heterocycles. The van der Waals surface area contributed by atoms with Gasteiger partial charge in [-0.3, -0.25) is 4.79 Å². The van der Waals surface area contributed by atoms with Crippen LogP contribution >= 0.6 is 0 Å². The van der Waals surface area contributed by atoms with Crippen molar-refractivity contribution in [2.45, 2.75) is 33.3 Å². The summed E-state index contributed by atoms with van der Waals surface area (Å²) >= 11 is 0. The third-order valence-corrected chi connectivity index (χ3v) is 6.66. The average molecular weight is 518 g/mol. The van der Waals surface area contributed by atoms with Crippen LogP contribution in [0.15, 0.2) is 101 Å². The predicted octanol–water partition coefficient (Wildman–Crippen LogP) is 6.97. The average Bonchev–Trinajstić information content (AvgIpc) is 2.96. The first-order valence-corrected chi connectivity index (χ1v) is 13.0. The number of hydrogen-bond acceptors (Lipinski definition) is 5. The van der Waals surface area contributed by atoms with Gasteiger partial charge in [0.2, 0.25) is 0 Å². The monoisotopic (exact) mass is 517 g/mol. The molecule has 0 unspecified atom stereocenters. The molecule has 5 aromatic rings. The standard InChI is InChI=1S/C33H31N3O3/c1-22(2)27-19-28(23(3)18-31(27)38-4)32-35-29-16-10-9-15-26(29)33(37)36(32)34-20-25-14-8-11-17-30(25)39-21-24-12-6-5-7-13-24/h5-20,22H,21H2,1-4H3. The molecule has 1 aromatic heterocycles. The lowest BCUT2D eigenvalue weighted by Crippen LogP contribution is -2.21. The van der Waals surface area contributed by atoms with Gasteiger partial charge in [0, 0.05) is 11.1 Å². The Hall–Kier alpha value is -4.71. The summed E-state index contributed by atoms with van der Waals surface area (Å²) in [5, 5.41) is 5.18. The van der Waals surface area contributed by atoms with Crippen LogP contribution in [0.3, 0.4) is 0 Å². The molecule has 196 valence electrons. The molecule has 4 aromatic carbocycles. The minimum absolute atomic E-state index is 0.220. The van der Waals surface area contributed by atoms with E-state index in [9.17, 15) is 4.79 Å². The second-order valence-electron chi connectivity index (χ2n) is 9.69. The van der Waals surface area contributed by atoms with Gasteiger partial charge in [0.1, 0.15) is 18.1 Å². The van der Waals surface area contributed by atoms with Gasteiger partial charge in [-0.25, -0.2) is 4.98 Å². The van der Waals surface area contributed by atoms with E-state index in [1.165, 1.54) is 4.68 Å². The molecule has 6 nitrogen and oxygen atoms in total. The molecule has 0 atom stereocenters. The van der Waals surface area contributed by atoms with Crippen LogP contribution in [0.4, 0.5) is 0 Å². The van der Waals surface area contributed by atoms with Gasteiger partial charge in [-0.1, -0.05) is 68.4 Å². The second kappa shape index (κ2) is 11.4. The van der Waals surface area contributed by atoms with Crippen molar-refractivity contribution in [1.29, 1.82) is 0 Å². The largest absolute Gasteiger partial charge is 0.496 e. The molecule has 0 radical (unpaired) electrons. The van der Waals surface area contributed by atoms with E-state index >= 15 is 0 Å². The van der Waals surface area contributed by atoms with Gasteiger partial charge in [-0.05, 0) is 65.9 Å². The van der Waals surface area contributed by atoms with Crippen LogP contribution in [0.2, 0.25) is 0 Å². The topological polar surface area (TPSA) is 65.7 Å². The summed E-state index contributed by atoms with van der Waals surface area (Å²) in [5.74, 6) is 2.18. The van der Waals surface area contributed by atoms with Crippen molar-refractivity contribution in [1.82, 2.24) is 9.66 Å². The zero-order chi connectivity index (χ0) is 27.4. The number of nitrogens with zero attached hydrogens (tertiary/aromatic N) is 3. The lowest BCUT2D eigenvalue weighted by Gasteiger charge is -2.17. The van der Waals surface area contributed by atoms with E-state index in [-0.39, 0.29) is 11.5 Å². The summed E-state index contributed by atoms with van der Waals surface area (Å²) in [7, 11) is 1.67. The molecule has 1 heterocycles. The maximum absolute atomic E-state index is 13.7. The third-order valence-electron chi connectivity index (χ3n) is 6.66. The molecule has 0 aliphatic carbocycles. The molecule has 0 amide bonds. The molecule has 0 bridgehead atoms. The minimum atomic E-state index is -0.240. The molecule has 39 heavy (non-hydrogen) atoms. The van der Waals surface area contributed by atoms with Gasteiger partial charge in [-0.2, -0.15) is 9.78 Å². The van der Waals surface area contributed by atoms with E-state index in [4.69, 9.17) is 14.5 Å². The van der Waals surface area contributed by atoms with Crippen molar-refractivity contribution in [3.05, 3.63) is 124 Å². The van der Waals surface area contributed by atoms with Gasteiger partial charge in [0.05, 0.1) is 24.2 Å². The SMILES string of the molecule is COc1cc(C)c(-c2nc3ccccc3c(=O)n2N=Cc2ccccc2OCc2ccccc2)cc1C(C)C. The summed E-state index contributed by atoms with van der Waals surface area (Å²) < 4.78 is 13.1. The predicted molar refractivity (Wildman–Crippen MR) is 157 cm³/mol. The Morgan fingerprint density at radius 3 is 2.41 bits per heavy atom. The van der Waals surface area contributed by atoms with E-state index in [2.05, 4.69) is 25.0 Å². The van der Waals surface area contributed by atoms with Crippen LogP contribution in [0.5, 0.6) is 11.5 Å².